The van der Waals surface area contributed by atoms with Crippen LogP contribution >= 0.6 is 0 Å². The van der Waals surface area contributed by atoms with Crippen molar-refractivity contribution in [3.8, 4) is 0 Å². The van der Waals surface area contributed by atoms with Crippen LogP contribution in [0, 0.1) is 32.5 Å². The number of urea groups is 2. The van der Waals surface area contributed by atoms with Gasteiger partial charge in [0, 0.05) is 37.8 Å². The first-order chi connectivity index (χ1) is 28.6. The molecule has 7 atom stereocenters. The number of carbonyl (C=O) groups excluding carboxylic acids is 3. The number of amides is 5. The predicted molar refractivity (Wildman–Crippen MR) is 244 cm³/mol. The quantitative estimate of drug-likeness (QED) is 0.0629. The summed E-state index contributed by atoms with van der Waals surface area (Å²) in [5, 5.41) is 27.8. The van der Waals surface area contributed by atoms with Crippen LogP contribution in [0.1, 0.15) is 181 Å². The minimum atomic E-state index is -1.50. The third kappa shape index (κ3) is 14.3. The van der Waals surface area contributed by atoms with E-state index in [1.54, 1.807) is 6.92 Å². The van der Waals surface area contributed by atoms with E-state index in [4.69, 9.17) is 14.7 Å². The Labute approximate surface area is 372 Å². The maximum Gasteiger partial charge on any atom is 0.433 e. The van der Waals surface area contributed by atoms with Crippen LogP contribution in [0.3, 0.4) is 0 Å². The van der Waals surface area contributed by atoms with Gasteiger partial charge in [-0.15, -0.1) is 11.0 Å². The van der Waals surface area contributed by atoms with E-state index in [0.29, 0.717) is 37.8 Å². The largest absolute Gasteiger partial charge is 0.433 e. The standard InChI is InChI=1S/C46H83N9O7/c1-16-31(4)48-60-37(56)47-34-19-41(7,8)25-44(13,22-34)28-53-38(57)54(29-45(14)23-35(20-42(9,10)26-45)51-61-49-32(5)17-2)40(59)55(39(53)58)30-46(15)24-36(21-43(11,12)27-46)52-62-50-33(6)18-3/h34-36,38,51-52,57H,16-30H2,1-15H3,(H,47,56)/b48-31+,49-32+,50-33+. The van der Waals surface area contributed by atoms with Gasteiger partial charge in [-0.25, -0.2) is 19.3 Å². The number of nitrogens with one attached hydrogen (secondary N) is 3. The van der Waals surface area contributed by atoms with Gasteiger partial charge in [-0.3, -0.25) is 24.5 Å². The van der Waals surface area contributed by atoms with Gasteiger partial charge in [-0.1, -0.05) is 98.6 Å². The molecule has 354 valence electrons. The van der Waals surface area contributed by atoms with Crippen molar-refractivity contribution in [1.82, 2.24) is 31.0 Å². The Hall–Kier alpha value is -3.50. The fourth-order valence-corrected chi connectivity index (χ4v) is 11.8. The Morgan fingerprint density at radius 1 is 0.597 bits per heavy atom. The molecule has 7 unspecified atom stereocenters. The van der Waals surface area contributed by atoms with E-state index in [9.17, 15) is 9.90 Å². The third-order valence-electron chi connectivity index (χ3n) is 13.5. The van der Waals surface area contributed by atoms with Gasteiger partial charge in [0.1, 0.15) is 0 Å². The van der Waals surface area contributed by atoms with Gasteiger partial charge in [0.05, 0.1) is 17.1 Å². The van der Waals surface area contributed by atoms with E-state index in [1.165, 1.54) is 14.7 Å². The number of hydrogen-bond donors (Lipinski definition) is 4. The molecule has 16 nitrogen and oxygen atoms in total. The number of hydroxylamine groups is 2. The molecule has 62 heavy (non-hydrogen) atoms. The van der Waals surface area contributed by atoms with E-state index in [-0.39, 0.29) is 54.0 Å². The average Bonchev–Trinajstić information content (AvgIpc) is 3.13. The van der Waals surface area contributed by atoms with Crippen LogP contribution in [0.5, 0.6) is 0 Å². The number of hydrogen-bond acceptors (Lipinski definition) is 12. The number of nitrogens with zero attached hydrogens (tertiary/aromatic N) is 6. The van der Waals surface area contributed by atoms with Crippen molar-refractivity contribution in [2.45, 2.75) is 205 Å². The summed E-state index contributed by atoms with van der Waals surface area (Å²) in [5.41, 5.74) is 6.85. The topological polar surface area (TPSA) is 182 Å². The summed E-state index contributed by atoms with van der Waals surface area (Å²) in [6, 6.07) is -1.40. The second-order valence-corrected chi connectivity index (χ2v) is 23.0. The van der Waals surface area contributed by atoms with E-state index in [1.807, 2.05) is 34.6 Å². The van der Waals surface area contributed by atoms with Crippen molar-refractivity contribution >= 4 is 35.3 Å². The highest BCUT2D eigenvalue weighted by atomic mass is 16.8. The number of imide groups is 1. The van der Waals surface area contributed by atoms with Crippen molar-refractivity contribution in [3.05, 3.63) is 0 Å². The second kappa shape index (κ2) is 20.1. The zero-order chi connectivity index (χ0) is 46.5. The van der Waals surface area contributed by atoms with Gasteiger partial charge in [-0.05, 0) is 130 Å². The molecule has 16 heteroatoms. The molecular weight excluding hydrogens is 791 g/mol. The van der Waals surface area contributed by atoms with Crippen molar-refractivity contribution in [2.75, 3.05) is 19.6 Å². The van der Waals surface area contributed by atoms with Crippen LogP contribution in [-0.4, -0.2) is 99.2 Å². The molecule has 3 saturated carbocycles. The first-order valence-corrected chi connectivity index (χ1v) is 23.1. The number of rotatable bonds is 17. The monoisotopic (exact) mass is 874 g/mol. The molecule has 0 radical (unpaired) electrons. The molecule has 1 aliphatic heterocycles. The summed E-state index contributed by atoms with van der Waals surface area (Å²) in [6.45, 7) is 31.7. The average molecular weight is 874 g/mol. The zero-order valence-electron chi connectivity index (χ0n) is 41.0. The fraction of sp³-hybridized carbons (Fsp3) is 0.870. The molecule has 0 bridgehead atoms. The van der Waals surface area contributed by atoms with Crippen LogP contribution in [0.15, 0.2) is 15.5 Å². The molecule has 4 rings (SSSR count). The van der Waals surface area contributed by atoms with Gasteiger partial charge >= 0.3 is 18.2 Å². The van der Waals surface area contributed by atoms with E-state index in [0.717, 1.165) is 56.4 Å². The lowest BCUT2D eigenvalue weighted by molar-refractivity contribution is -0.131. The summed E-state index contributed by atoms with van der Waals surface area (Å²) in [4.78, 5) is 63.7. The number of aliphatic hydroxyl groups excluding tert-OH is 1. The molecule has 3 aliphatic carbocycles. The molecule has 5 amide bonds. The normalized spacial score (nSPS) is 33.0. The van der Waals surface area contributed by atoms with Crippen molar-refractivity contribution in [2.24, 2.45) is 48.0 Å². The molecular formula is C46H83N9O7. The molecule has 0 aromatic rings. The first kappa shape index (κ1) is 51.1. The minimum absolute atomic E-state index is 0.0559. The van der Waals surface area contributed by atoms with E-state index < -0.39 is 40.8 Å². The summed E-state index contributed by atoms with van der Waals surface area (Å²) in [7, 11) is 0. The lowest BCUT2D eigenvalue weighted by atomic mass is 9.62. The number of oxime groups is 3. The van der Waals surface area contributed by atoms with Gasteiger partial charge < -0.3 is 10.4 Å². The molecule has 0 spiro atoms. The van der Waals surface area contributed by atoms with Crippen LogP contribution in [-0.2, 0) is 14.7 Å². The summed E-state index contributed by atoms with van der Waals surface area (Å²) in [5.74, 6) is 0. The van der Waals surface area contributed by atoms with E-state index in [2.05, 4.69) is 94.1 Å². The highest BCUT2D eigenvalue weighted by Crippen LogP contribution is 2.51. The minimum Gasteiger partial charge on any atom is -0.356 e. The zero-order valence-corrected chi connectivity index (χ0v) is 41.0. The first-order valence-electron chi connectivity index (χ1n) is 23.1. The van der Waals surface area contributed by atoms with Crippen LogP contribution < -0.4 is 16.3 Å². The Balaban J connectivity index is 1.68. The number of carbonyl (C=O) groups is 3. The Kier molecular flexibility index (Phi) is 16.6. The number of aliphatic hydroxyl groups is 1. The Morgan fingerprint density at radius 3 is 1.35 bits per heavy atom. The van der Waals surface area contributed by atoms with Gasteiger partial charge in [0.2, 0.25) is 6.35 Å². The molecule has 0 aromatic heterocycles. The van der Waals surface area contributed by atoms with Gasteiger partial charge in [0.15, 0.2) is 0 Å². The van der Waals surface area contributed by atoms with Crippen LogP contribution in [0.2, 0.25) is 0 Å². The maximum absolute atomic E-state index is 15.0. The molecule has 0 aromatic carbocycles. The molecule has 4 fully saturated rings. The molecule has 4 aliphatic rings. The molecule has 4 N–H and O–H groups in total. The lowest BCUT2D eigenvalue weighted by Gasteiger charge is -2.55. The van der Waals surface area contributed by atoms with Crippen molar-refractivity contribution < 1.29 is 34.2 Å². The predicted octanol–water partition coefficient (Wildman–Crippen LogP) is 9.30. The lowest BCUT2D eigenvalue weighted by Crippen LogP contribution is -2.70. The second-order valence-electron chi connectivity index (χ2n) is 23.0. The third-order valence-corrected chi connectivity index (χ3v) is 13.5. The highest BCUT2D eigenvalue weighted by Gasteiger charge is 2.54. The Morgan fingerprint density at radius 2 is 0.952 bits per heavy atom. The van der Waals surface area contributed by atoms with Crippen molar-refractivity contribution in [3.63, 3.8) is 0 Å². The van der Waals surface area contributed by atoms with Crippen molar-refractivity contribution in [1.29, 1.82) is 0 Å². The maximum atomic E-state index is 15.0. The fourth-order valence-electron chi connectivity index (χ4n) is 11.8. The SMILES string of the molecule is CC/C(C)=N/ONC1CC(C)(C)CC(C)(CN2C(=O)N(CC3(C)CC(NO/N=C(\C)CC)CC(C)(C)C3)C(O)N(CC3(C)CC(NC(=O)O/N=C(\C)CC)CC(C)(C)C3)C2=O)C1. The summed E-state index contributed by atoms with van der Waals surface area (Å²) >= 11 is 0. The van der Waals surface area contributed by atoms with E-state index >= 15 is 9.59 Å². The van der Waals surface area contributed by atoms with Crippen LogP contribution in [0.4, 0.5) is 14.4 Å². The highest BCUT2D eigenvalue weighted by molar-refractivity contribution is 5.96. The van der Waals surface area contributed by atoms with Gasteiger partial charge in [-0.2, -0.15) is 0 Å². The molecule has 1 saturated heterocycles. The summed E-state index contributed by atoms with van der Waals surface area (Å²) < 4.78 is 0. The smallest absolute Gasteiger partial charge is 0.356 e. The molecule has 1 heterocycles. The summed E-state index contributed by atoms with van der Waals surface area (Å²) in [6.07, 6.45) is 6.59. The van der Waals surface area contributed by atoms with Crippen LogP contribution in [0.25, 0.3) is 0 Å². The van der Waals surface area contributed by atoms with Gasteiger partial charge in [0.25, 0.3) is 0 Å². The Bertz CT molecular complexity index is 1680.